The van der Waals surface area contributed by atoms with Gasteiger partial charge < -0.3 is 20.9 Å². The van der Waals surface area contributed by atoms with Crippen molar-refractivity contribution in [3.05, 3.63) is 84.7 Å². The fourth-order valence-corrected chi connectivity index (χ4v) is 5.76. The Balaban J connectivity index is 0.000000343. The number of rotatable bonds is 12. The zero-order valence-corrected chi connectivity index (χ0v) is 31.6. The van der Waals surface area contributed by atoms with Crippen molar-refractivity contribution in [3.63, 3.8) is 0 Å². The van der Waals surface area contributed by atoms with Crippen molar-refractivity contribution >= 4 is 29.6 Å². The quantitative estimate of drug-likeness (QED) is 0.188. The highest BCUT2D eigenvalue weighted by molar-refractivity contribution is 5.92. The lowest BCUT2D eigenvalue weighted by Crippen LogP contribution is -2.55. The van der Waals surface area contributed by atoms with Crippen LogP contribution in [-0.2, 0) is 27.1 Å². The van der Waals surface area contributed by atoms with Crippen LogP contribution in [0.25, 0.3) is 0 Å². The van der Waals surface area contributed by atoms with Gasteiger partial charge in [-0.3, -0.25) is 19.1 Å². The van der Waals surface area contributed by atoms with E-state index in [0.717, 1.165) is 41.3 Å². The van der Waals surface area contributed by atoms with Gasteiger partial charge in [0.15, 0.2) is 0 Å². The molecule has 2 saturated carbocycles. The number of carbonyl (C=O) groups is 3. The second-order valence-corrected chi connectivity index (χ2v) is 13.8. The molecule has 0 radical (unpaired) electrons. The van der Waals surface area contributed by atoms with Gasteiger partial charge >= 0.3 is 6.18 Å². The van der Waals surface area contributed by atoms with E-state index in [4.69, 9.17) is 0 Å². The molecule has 1 aromatic carbocycles. The van der Waals surface area contributed by atoms with E-state index in [1.54, 1.807) is 49.4 Å². The third kappa shape index (κ3) is 13.9. The normalized spacial score (nSPS) is 17.7. The van der Waals surface area contributed by atoms with Crippen LogP contribution < -0.4 is 16.0 Å². The predicted octanol–water partition coefficient (Wildman–Crippen LogP) is 8.22. The van der Waals surface area contributed by atoms with E-state index in [9.17, 15) is 36.3 Å². The highest BCUT2D eigenvalue weighted by Gasteiger charge is 2.38. The van der Waals surface area contributed by atoms with E-state index >= 15 is 0 Å². The monoisotopic (exact) mass is 761 g/mol. The first-order chi connectivity index (χ1) is 25.5. The molecule has 0 saturated heterocycles. The van der Waals surface area contributed by atoms with Gasteiger partial charge in [-0.1, -0.05) is 51.6 Å². The zero-order chi connectivity index (χ0) is 40.1. The minimum Gasteiger partial charge on any atom is -0.348 e. The Morgan fingerprint density at radius 3 is 2.20 bits per heavy atom. The first kappa shape index (κ1) is 43.6. The number of anilines is 1. The number of alkyl halides is 5. The Labute approximate surface area is 314 Å². The molecule has 3 amide bonds. The fourth-order valence-electron chi connectivity index (χ4n) is 5.76. The number of allylic oxidation sites excluding steroid dienone is 2. The first-order valence-corrected chi connectivity index (χ1v) is 18.3. The molecule has 1 atom stereocenters. The molecular formula is C39H52F5N7O3. The third-order valence-corrected chi connectivity index (χ3v) is 8.68. The molecule has 1 aliphatic heterocycles. The van der Waals surface area contributed by atoms with Crippen LogP contribution in [0.5, 0.6) is 0 Å². The number of hydrogen-bond acceptors (Lipinski definition) is 6. The van der Waals surface area contributed by atoms with Gasteiger partial charge in [-0.05, 0) is 64.2 Å². The molecule has 0 spiro atoms. The van der Waals surface area contributed by atoms with Crippen LogP contribution in [0.3, 0.4) is 0 Å². The lowest BCUT2D eigenvalue weighted by atomic mass is 9.86. The SMILES string of the molecule is C=C1N=CC=CN1/C(=C\CC)C[C@@H](NC(=O)C1CC1)C(=O)NC(C)(C)Cn1cc(C(F)(F)F)cn1.CC.O=C(Nc1ccccc1)C1CCC(F)(F)CC1. The van der Waals surface area contributed by atoms with E-state index < -0.39 is 35.2 Å². The van der Waals surface area contributed by atoms with Gasteiger partial charge in [-0.2, -0.15) is 18.3 Å². The van der Waals surface area contributed by atoms with Crippen molar-refractivity contribution in [1.82, 2.24) is 25.3 Å². The second kappa shape index (κ2) is 19.5. The number of aromatic nitrogens is 2. The summed E-state index contributed by atoms with van der Waals surface area (Å²) in [6, 6.07) is 8.19. The molecule has 0 unspecified atom stereocenters. The molecule has 2 aromatic rings. The molecule has 1 aromatic heterocycles. The van der Waals surface area contributed by atoms with Gasteiger partial charge in [0.2, 0.25) is 23.6 Å². The van der Waals surface area contributed by atoms with Gasteiger partial charge in [-0.15, -0.1) is 0 Å². The molecule has 15 heteroatoms. The van der Waals surface area contributed by atoms with Crippen molar-refractivity contribution in [2.75, 3.05) is 5.32 Å². The summed E-state index contributed by atoms with van der Waals surface area (Å²) >= 11 is 0. The molecule has 3 N–H and O–H groups in total. The predicted molar refractivity (Wildman–Crippen MR) is 199 cm³/mol. The summed E-state index contributed by atoms with van der Waals surface area (Å²) in [6.45, 7) is 13.3. The summed E-state index contributed by atoms with van der Waals surface area (Å²) in [6.07, 6.45) is 6.86. The molecule has 2 heterocycles. The van der Waals surface area contributed by atoms with Crippen molar-refractivity contribution in [3.8, 4) is 0 Å². The molecule has 0 bridgehead atoms. The number of hydrogen-bond donors (Lipinski definition) is 3. The molecule has 2 fully saturated rings. The molecule has 5 rings (SSSR count). The van der Waals surface area contributed by atoms with Crippen molar-refractivity contribution in [2.24, 2.45) is 16.8 Å². The van der Waals surface area contributed by atoms with Crippen LogP contribution in [0, 0.1) is 11.8 Å². The van der Waals surface area contributed by atoms with E-state index in [0.29, 0.717) is 12.2 Å². The maximum absolute atomic E-state index is 13.3. The van der Waals surface area contributed by atoms with Gasteiger partial charge in [0.25, 0.3) is 0 Å². The number of aliphatic imine (C=N–C) groups is 1. The number of para-hydroxylation sites is 1. The Bertz CT molecular complexity index is 1650. The van der Waals surface area contributed by atoms with Crippen molar-refractivity contribution in [2.45, 2.75) is 116 Å². The Kier molecular flexibility index (Phi) is 15.7. The molecule has 10 nitrogen and oxygen atoms in total. The Hall–Kier alpha value is -4.82. The first-order valence-electron chi connectivity index (χ1n) is 18.3. The van der Waals surface area contributed by atoms with Crippen molar-refractivity contribution < 1.29 is 36.3 Å². The van der Waals surface area contributed by atoms with E-state index in [-0.39, 0.29) is 62.3 Å². The van der Waals surface area contributed by atoms with Crippen LogP contribution in [0.2, 0.25) is 0 Å². The van der Waals surface area contributed by atoms with Gasteiger partial charge in [0.1, 0.15) is 11.9 Å². The number of halogens is 5. The minimum absolute atomic E-state index is 0.0101. The standard InChI is InChI=1S/C24H31F3N6O2.C13H15F2NO.C2H6/c1-5-7-19(33-11-6-10-28-16(33)2)12-20(30-21(34)17-8-9-17)22(35)31-23(3,4)15-32-14-18(13-29-32)24(25,26)27;14-13(15)8-6-10(7-9-13)12(17)16-11-4-2-1-3-5-11;1-2/h6-7,10-11,13-14,17,20H,2,5,8-9,12,15H2,1,3-4H3,(H,30,34)(H,31,35);1-5,10H,6-9H2,(H,16,17);1-2H3/b19-7-;;/t20-;;/m1../s1. The average molecular weight is 762 g/mol. The van der Waals surface area contributed by atoms with E-state index in [1.807, 2.05) is 45.0 Å². The van der Waals surface area contributed by atoms with Crippen LogP contribution >= 0.6 is 0 Å². The minimum atomic E-state index is -4.50. The topological polar surface area (TPSA) is 121 Å². The number of nitrogens with one attached hydrogen (secondary N) is 3. The molecule has 3 aliphatic rings. The summed E-state index contributed by atoms with van der Waals surface area (Å²) < 4.78 is 65.8. The van der Waals surface area contributed by atoms with E-state index in [2.05, 4.69) is 32.6 Å². The summed E-state index contributed by atoms with van der Waals surface area (Å²) in [7, 11) is 0. The van der Waals surface area contributed by atoms with Gasteiger partial charge in [0.05, 0.1) is 23.8 Å². The smallest absolute Gasteiger partial charge is 0.348 e. The van der Waals surface area contributed by atoms with Crippen LogP contribution in [0.4, 0.5) is 27.6 Å². The van der Waals surface area contributed by atoms with Crippen LogP contribution in [-0.4, -0.2) is 56.1 Å². The molecule has 2 aliphatic carbocycles. The average Bonchev–Trinajstić information content (AvgIpc) is 3.86. The van der Waals surface area contributed by atoms with Gasteiger partial charge in [-0.25, -0.2) is 13.8 Å². The molecule has 296 valence electrons. The summed E-state index contributed by atoms with van der Waals surface area (Å²) in [5.74, 6) is -3.25. The lowest BCUT2D eigenvalue weighted by Gasteiger charge is -2.31. The summed E-state index contributed by atoms with van der Waals surface area (Å²) in [4.78, 5) is 43.7. The number of amides is 3. The largest absolute Gasteiger partial charge is 0.419 e. The maximum atomic E-state index is 13.3. The summed E-state index contributed by atoms with van der Waals surface area (Å²) in [5.41, 5.74) is -0.334. The zero-order valence-electron chi connectivity index (χ0n) is 31.6. The number of nitrogens with zero attached hydrogens (tertiary/aromatic N) is 4. The highest BCUT2D eigenvalue weighted by atomic mass is 19.4. The second-order valence-electron chi connectivity index (χ2n) is 13.8. The van der Waals surface area contributed by atoms with Crippen molar-refractivity contribution in [1.29, 1.82) is 0 Å². The third-order valence-electron chi connectivity index (χ3n) is 8.68. The van der Waals surface area contributed by atoms with Gasteiger partial charge in [0, 0.05) is 61.1 Å². The maximum Gasteiger partial charge on any atom is 0.419 e. The molecular weight excluding hydrogens is 709 g/mol. The number of benzene rings is 1. The molecule has 54 heavy (non-hydrogen) atoms. The number of carbonyl (C=O) groups excluding carboxylic acids is 3. The lowest BCUT2D eigenvalue weighted by molar-refractivity contribution is -0.137. The van der Waals surface area contributed by atoms with E-state index in [1.165, 1.54) is 0 Å². The Morgan fingerprint density at radius 2 is 1.65 bits per heavy atom. The van der Waals surface area contributed by atoms with Crippen LogP contribution in [0.1, 0.15) is 91.5 Å². The fraction of sp³-hybridized carbons (Fsp3) is 0.513. The van der Waals surface area contributed by atoms with Crippen LogP contribution in [0.15, 0.2) is 84.2 Å². The highest BCUT2D eigenvalue weighted by Crippen LogP contribution is 2.36. The Morgan fingerprint density at radius 1 is 1.02 bits per heavy atom. The summed E-state index contributed by atoms with van der Waals surface area (Å²) in [5, 5.41) is 12.2.